The maximum atomic E-state index is 12.5. The Labute approximate surface area is 151 Å². The van der Waals surface area contributed by atoms with E-state index in [1.54, 1.807) is 0 Å². The Balaban J connectivity index is 1.52. The summed E-state index contributed by atoms with van der Waals surface area (Å²) in [5.41, 5.74) is 4.95. The van der Waals surface area contributed by atoms with Gasteiger partial charge in [0.05, 0.1) is 5.02 Å². The fourth-order valence-electron chi connectivity index (χ4n) is 4.35. The Hall–Kier alpha value is -1.39. The number of amides is 1. The van der Waals surface area contributed by atoms with E-state index in [0.717, 1.165) is 33.2 Å². The number of hydrazone groups is 1. The minimum absolute atomic E-state index is 0.207. The predicted octanol–water partition coefficient (Wildman–Crippen LogP) is 5.41. The maximum Gasteiger partial charge on any atom is 0.283 e. The molecule has 3 atom stereocenters. The van der Waals surface area contributed by atoms with Gasteiger partial charge in [-0.3, -0.25) is 4.79 Å². The lowest BCUT2D eigenvalue weighted by molar-refractivity contribution is 0.0958. The van der Waals surface area contributed by atoms with Crippen molar-refractivity contribution in [3.8, 4) is 0 Å². The van der Waals surface area contributed by atoms with Crippen LogP contribution in [0.5, 0.6) is 0 Å². The van der Waals surface area contributed by atoms with Gasteiger partial charge in [-0.15, -0.1) is 11.3 Å². The summed E-state index contributed by atoms with van der Waals surface area (Å²) in [7, 11) is 0. The Kier molecular flexibility index (Phi) is 4.13. The van der Waals surface area contributed by atoms with Crippen molar-refractivity contribution in [2.45, 2.75) is 39.5 Å². The number of hydrogen-bond acceptors (Lipinski definition) is 3. The molecular formula is C19H21ClN2OS. The molecule has 2 aliphatic rings. The highest BCUT2D eigenvalue weighted by Crippen LogP contribution is 2.48. The zero-order valence-electron chi connectivity index (χ0n) is 13.9. The summed E-state index contributed by atoms with van der Waals surface area (Å²) in [6.07, 6.45) is 5.26. The number of fused-ring (bicyclic) bond motifs is 3. The zero-order chi connectivity index (χ0) is 16.8. The molecule has 0 aliphatic heterocycles. The fraction of sp³-hybridized carbons (Fsp3) is 0.474. The maximum absolute atomic E-state index is 12.5. The zero-order valence-corrected chi connectivity index (χ0v) is 15.5. The molecule has 24 heavy (non-hydrogen) atoms. The molecule has 1 aromatic carbocycles. The second-order valence-electron chi connectivity index (χ2n) is 7.22. The van der Waals surface area contributed by atoms with Gasteiger partial charge in [-0.05, 0) is 56.6 Å². The van der Waals surface area contributed by atoms with E-state index in [1.165, 1.54) is 37.0 Å². The number of carbonyl (C=O) groups excluding carboxylic acids is 1. The number of thiophene rings is 1. The van der Waals surface area contributed by atoms with E-state index in [1.807, 2.05) is 26.0 Å². The van der Waals surface area contributed by atoms with Crippen molar-refractivity contribution in [2.24, 2.45) is 22.9 Å². The Morgan fingerprint density at radius 1 is 1.33 bits per heavy atom. The van der Waals surface area contributed by atoms with Gasteiger partial charge in [0.15, 0.2) is 0 Å². The molecule has 3 nitrogen and oxygen atoms in total. The molecule has 5 heteroatoms. The quantitative estimate of drug-likeness (QED) is 0.577. The number of nitrogens with one attached hydrogen (secondary N) is 1. The topological polar surface area (TPSA) is 41.5 Å². The fourth-order valence-corrected chi connectivity index (χ4v) is 5.85. The summed E-state index contributed by atoms with van der Waals surface area (Å²) < 4.78 is 1.04. The van der Waals surface area contributed by atoms with Crippen LogP contribution < -0.4 is 5.43 Å². The van der Waals surface area contributed by atoms with Gasteiger partial charge < -0.3 is 0 Å². The average Bonchev–Trinajstić information content (AvgIpc) is 3.26. The first-order chi connectivity index (χ1) is 11.5. The normalized spacial score (nSPS) is 26.3. The average molecular weight is 361 g/mol. The van der Waals surface area contributed by atoms with Crippen molar-refractivity contribution < 1.29 is 4.79 Å². The molecule has 0 spiro atoms. The van der Waals surface area contributed by atoms with Gasteiger partial charge in [-0.2, -0.15) is 5.10 Å². The van der Waals surface area contributed by atoms with E-state index in [0.29, 0.717) is 15.8 Å². The molecule has 2 fully saturated rings. The van der Waals surface area contributed by atoms with Gasteiger partial charge in [-0.1, -0.05) is 30.2 Å². The van der Waals surface area contributed by atoms with Crippen LogP contribution in [-0.4, -0.2) is 11.6 Å². The van der Waals surface area contributed by atoms with E-state index in [4.69, 9.17) is 11.6 Å². The van der Waals surface area contributed by atoms with Crippen molar-refractivity contribution >= 4 is 44.6 Å². The highest BCUT2D eigenvalue weighted by Gasteiger charge is 2.40. The molecule has 1 N–H and O–H groups in total. The van der Waals surface area contributed by atoms with E-state index in [2.05, 4.69) is 16.6 Å². The smallest absolute Gasteiger partial charge is 0.266 e. The molecule has 2 aliphatic carbocycles. The largest absolute Gasteiger partial charge is 0.283 e. The molecule has 4 rings (SSSR count). The van der Waals surface area contributed by atoms with Crippen molar-refractivity contribution in [1.29, 1.82) is 0 Å². The highest BCUT2D eigenvalue weighted by molar-refractivity contribution is 7.21. The molecule has 1 heterocycles. The van der Waals surface area contributed by atoms with Crippen LogP contribution >= 0.6 is 22.9 Å². The molecule has 1 amide bonds. The van der Waals surface area contributed by atoms with E-state index < -0.39 is 0 Å². The summed E-state index contributed by atoms with van der Waals surface area (Å²) in [6.45, 7) is 4.08. The van der Waals surface area contributed by atoms with Crippen LogP contribution in [0.2, 0.25) is 5.02 Å². The third-order valence-electron chi connectivity index (χ3n) is 5.60. The number of halogens is 1. The van der Waals surface area contributed by atoms with Crippen LogP contribution in [0.4, 0.5) is 0 Å². The number of aryl methyl sites for hydroxylation is 1. The highest BCUT2D eigenvalue weighted by atomic mass is 35.5. The first-order valence-corrected chi connectivity index (χ1v) is 9.75. The van der Waals surface area contributed by atoms with Gasteiger partial charge in [0, 0.05) is 21.7 Å². The predicted molar refractivity (Wildman–Crippen MR) is 101 cm³/mol. The van der Waals surface area contributed by atoms with Crippen molar-refractivity contribution in [3.63, 3.8) is 0 Å². The number of nitrogens with zero attached hydrogens (tertiary/aromatic N) is 1. The summed E-state index contributed by atoms with van der Waals surface area (Å²) in [6, 6.07) is 6.05. The monoisotopic (exact) mass is 360 g/mol. The molecule has 126 valence electrons. The third-order valence-corrected chi connectivity index (χ3v) is 7.26. The summed E-state index contributed by atoms with van der Waals surface area (Å²) in [5.74, 6) is 1.98. The standard InChI is InChI=1S/C19H21ClN2OS/c1-10-3-6-14-16(7-10)24-18(17(14)20)19(23)22-21-11(2)15-9-12-4-5-13(15)8-12/h3,6-7,12-13,15H,4-5,8-9H2,1-2H3,(H,22,23). The van der Waals surface area contributed by atoms with Crippen LogP contribution in [0.25, 0.3) is 10.1 Å². The molecule has 0 radical (unpaired) electrons. The lowest BCUT2D eigenvalue weighted by Gasteiger charge is -2.21. The molecule has 0 saturated heterocycles. The Bertz CT molecular complexity index is 841. The van der Waals surface area contributed by atoms with Crippen LogP contribution in [-0.2, 0) is 0 Å². The van der Waals surface area contributed by atoms with Gasteiger partial charge in [-0.25, -0.2) is 5.43 Å². The van der Waals surface area contributed by atoms with Crippen LogP contribution in [0.15, 0.2) is 23.3 Å². The minimum Gasteiger partial charge on any atom is -0.266 e. The Morgan fingerprint density at radius 2 is 2.17 bits per heavy atom. The van der Waals surface area contributed by atoms with Gasteiger partial charge in [0.1, 0.15) is 4.88 Å². The number of carbonyl (C=O) groups is 1. The molecule has 2 bridgehead atoms. The number of hydrogen-bond donors (Lipinski definition) is 1. The van der Waals surface area contributed by atoms with Crippen LogP contribution in [0.3, 0.4) is 0 Å². The van der Waals surface area contributed by atoms with Gasteiger partial charge in [0.25, 0.3) is 5.91 Å². The Morgan fingerprint density at radius 3 is 2.88 bits per heavy atom. The number of benzene rings is 1. The van der Waals surface area contributed by atoms with E-state index >= 15 is 0 Å². The second-order valence-corrected chi connectivity index (χ2v) is 8.65. The van der Waals surface area contributed by atoms with Crippen molar-refractivity contribution in [3.05, 3.63) is 33.7 Å². The SMILES string of the molecule is CC(=NNC(=O)c1sc2cc(C)ccc2c1Cl)C1CC2CCC1C2. The molecule has 3 unspecified atom stereocenters. The number of rotatable bonds is 3. The molecule has 2 aromatic rings. The van der Waals surface area contributed by atoms with Gasteiger partial charge >= 0.3 is 0 Å². The first kappa shape index (κ1) is 16.1. The van der Waals surface area contributed by atoms with Crippen LogP contribution in [0, 0.1) is 24.7 Å². The summed E-state index contributed by atoms with van der Waals surface area (Å²) >= 11 is 7.83. The minimum atomic E-state index is -0.207. The second kappa shape index (κ2) is 6.16. The van der Waals surface area contributed by atoms with Crippen molar-refractivity contribution in [1.82, 2.24) is 5.43 Å². The lowest BCUT2D eigenvalue weighted by Crippen LogP contribution is -2.24. The van der Waals surface area contributed by atoms with Crippen molar-refractivity contribution in [2.75, 3.05) is 0 Å². The van der Waals surface area contributed by atoms with E-state index in [9.17, 15) is 4.79 Å². The van der Waals surface area contributed by atoms with Gasteiger partial charge in [0.2, 0.25) is 0 Å². The first-order valence-electron chi connectivity index (χ1n) is 8.56. The molecule has 2 saturated carbocycles. The summed E-state index contributed by atoms with van der Waals surface area (Å²) in [4.78, 5) is 13.1. The van der Waals surface area contributed by atoms with E-state index in [-0.39, 0.29) is 5.91 Å². The molecular weight excluding hydrogens is 340 g/mol. The third kappa shape index (κ3) is 2.76. The lowest BCUT2D eigenvalue weighted by atomic mass is 9.86. The molecule has 1 aromatic heterocycles. The summed E-state index contributed by atoms with van der Waals surface area (Å²) in [5, 5.41) is 5.86. The van der Waals surface area contributed by atoms with Crippen LogP contribution in [0.1, 0.15) is 47.8 Å².